The molecule has 0 radical (unpaired) electrons. The molecule has 0 saturated heterocycles. The fourth-order valence-corrected chi connectivity index (χ4v) is 3.93. The maximum Gasteiger partial charge on any atom is 0.277 e. The molecule has 0 spiro atoms. The molecule has 1 amide bonds. The molecule has 1 aromatic heterocycles. The van der Waals surface area contributed by atoms with Crippen LogP contribution in [0.5, 0.6) is 5.75 Å². The molecular weight excluding hydrogens is 422 g/mol. The number of carbonyl (C=O) groups excluding carboxylic acids is 1. The Morgan fingerprint density at radius 3 is 2.50 bits per heavy atom. The zero-order valence-corrected chi connectivity index (χ0v) is 18.6. The van der Waals surface area contributed by atoms with Gasteiger partial charge in [-0.15, -0.1) is 10.2 Å². The van der Waals surface area contributed by atoms with Gasteiger partial charge >= 0.3 is 0 Å². The van der Waals surface area contributed by atoms with E-state index in [9.17, 15) is 4.79 Å². The highest BCUT2D eigenvalue weighted by atomic mass is 32.2. The van der Waals surface area contributed by atoms with Crippen LogP contribution in [0.4, 0.5) is 5.69 Å². The SMILES string of the molecule is Cc1ccc(NC(=O)[C@@H](Sc2nnc(COc3cccc(C)c3)o2)c2ccccc2)cc1. The molecule has 1 heterocycles. The van der Waals surface area contributed by atoms with Gasteiger partial charge in [-0.05, 0) is 61.0 Å². The zero-order chi connectivity index (χ0) is 22.3. The molecule has 3 aromatic carbocycles. The van der Waals surface area contributed by atoms with Crippen LogP contribution in [0.3, 0.4) is 0 Å². The number of hydrogen-bond donors (Lipinski definition) is 1. The van der Waals surface area contributed by atoms with Crippen LogP contribution in [0.25, 0.3) is 0 Å². The lowest BCUT2D eigenvalue weighted by Gasteiger charge is -2.15. The van der Waals surface area contributed by atoms with Crippen LogP contribution in [-0.4, -0.2) is 16.1 Å². The molecule has 1 N–H and O–H groups in total. The first-order chi connectivity index (χ1) is 15.6. The van der Waals surface area contributed by atoms with Gasteiger partial charge < -0.3 is 14.5 Å². The van der Waals surface area contributed by atoms with Crippen LogP contribution >= 0.6 is 11.8 Å². The minimum Gasteiger partial charge on any atom is -0.484 e. The Morgan fingerprint density at radius 2 is 1.75 bits per heavy atom. The molecule has 0 bridgehead atoms. The number of aryl methyl sites for hydroxylation is 2. The molecule has 1 atom stereocenters. The van der Waals surface area contributed by atoms with E-state index in [1.807, 2.05) is 92.7 Å². The fraction of sp³-hybridized carbons (Fsp3) is 0.160. The third kappa shape index (κ3) is 5.76. The van der Waals surface area contributed by atoms with Gasteiger partial charge in [0.25, 0.3) is 11.1 Å². The maximum absolute atomic E-state index is 13.1. The largest absolute Gasteiger partial charge is 0.484 e. The van der Waals surface area contributed by atoms with Gasteiger partial charge in [0.1, 0.15) is 11.0 Å². The third-order valence-corrected chi connectivity index (χ3v) is 5.77. The molecule has 0 fully saturated rings. The Labute approximate surface area is 191 Å². The van der Waals surface area contributed by atoms with Crippen LogP contribution < -0.4 is 10.1 Å². The number of carbonyl (C=O) groups is 1. The highest BCUT2D eigenvalue weighted by molar-refractivity contribution is 8.00. The monoisotopic (exact) mass is 445 g/mol. The maximum atomic E-state index is 13.1. The number of anilines is 1. The van der Waals surface area contributed by atoms with Crippen molar-refractivity contribution >= 4 is 23.4 Å². The van der Waals surface area contributed by atoms with Crippen molar-refractivity contribution in [3.63, 3.8) is 0 Å². The first-order valence-electron chi connectivity index (χ1n) is 10.2. The number of nitrogens with zero attached hydrogens (tertiary/aromatic N) is 2. The van der Waals surface area contributed by atoms with E-state index in [1.165, 1.54) is 11.8 Å². The Kier molecular flexibility index (Phi) is 6.87. The lowest BCUT2D eigenvalue weighted by Crippen LogP contribution is -2.19. The van der Waals surface area contributed by atoms with Crippen molar-refractivity contribution in [3.8, 4) is 5.75 Å². The van der Waals surface area contributed by atoms with E-state index in [-0.39, 0.29) is 12.5 Å². The molecule has 0 aliphatic rings. The van der Waals surface area contributed by atoms with Crippen LogP contribution in [-0.2, 0) is 11.4 Å². The van der Waals surface area contributed by atoms with Crippen molar-refractivity contribution in [3.05, 3.63) is 101 Å². The molecule has 0 saturated carbocycles. The van der Waals surface area contributed by atoms with Crippen LogP contribution in [0, 0.1) is 13.8 Å². The van der Waals surface area contributed by atoms with E-state index in [0.29, 0.717) is 11.1 Å². The topological polar surface area (TPSA) is 77.2 Å². The summed E-state index contributed by atoms with van der Waals surface area (Å²) in [7, 11) is 0. The van der Waals surface area contributed by atoms with Crippen LogP contribution in [0.2, 0.25) is 0 Å². The number of nitrogens with one attached hydrogen (secondary N) is 1. The van der Waals surface area contributed by atoms with Gasteiger partial charge in [0.05, 0.1) is 0 Å². The van der Waals surface area contributed by atoms with Crippen LogP contribution in [0.15, 0.2) is 88.5 Å². The van der Waals surface area contributed by atoms with Gasteiger partial charge in [-0.1, -0.05) is 60.2 Å². The molecule has 32 heavy (non-hydrogen) atoms. The molecule has 0 aliphatic heterocycles. The van der Waals surface area contributed by atoms with E-state index in [4.69, 9.17) is 9.15 Å². The minimum absolute atomic E-state index is 0.155. The van der Waals surface area contributed by atoms with Crippen molar-refractivity contribution < 1.29 is 13.9 Å². The van der Waals surface area contributed by atoms with Gasteiger partial charge in [0.15, 0.2) is 6.61 Å². The fourth-order valence-electron chi connectivity index (χ4n) is 3.04. The predicted molar refractivity (Wildman–Crippen MR) is 125 cm³/mol. The van der Waals surface area contributed by atoms with Gasteiger partial charge in [-0.2, -0.15) is 0 Å². The number of amides is 1. The summed E-state index contributed by atoms with van der Waals surface area (Å²) >= 11 is 1.21. The van der Waals surface area contributed by atoms with E-state index >= 15 is 0 Å². The molecule has 0 aliphatic carbocycles. The summed E-state index contributed by atoms with van der Waals surface area (Å²) in [4.78, 5) is 13.1. The number of benzene rings is 3. The molecule has 4 rings (SSSR count). The van der Waals surface area contributed by atoms with Gasteiger partial charge in [-0.3, -0.25) is 4.79 Å². The predicted octanol–water partition coefficient (Wildman–Crippen LogP) is 5.74. The normalized spacial score (nSPS) is 11.7. The van der Waals surface area contributed by atoms with Gasteiger partial charge in [0, 0.05) is 5.69 Å². The summed E-state index contributed by atoms with van der Waals surface area (Å²) in [6.45, 7) is 4.16. The van der Waals surface area contributed by atoms with Crippen molar-refractivity contribution in [1.29, 1.82) is 0 Å². The number of hydrogen-bond acceptors (Lipinski definition) is 6. The smallest absolute Gasteiger partial charge is 0.277 e. The van der Waals surface area contributed by atoms with Crippen molar-refractivity contribution in [2.45, 2.75) is 30.9 Å². The summed E-state index contributed by atoms with van der Waals surface area (Å²) in [5.74, 6) is 0.914. The highest BCUT2D eigenvalue weighted by Crippen LogP contribution is 2.35. The summed E-state index contributed by atoms with van der Waals surface area (Å²) in [6.07, 6.45) is 0. The van der Waals surface area contributed by atoms with Crippen molar-refractivity contribution in [2.24, 2.45) is 0 Å². The second kappa shape index (κ2) is 10.2. The first kappa shape index (κ1) is 21.6. The molecule has 162 valence electrons. The standard InChI is InChI=1S/C25H23N3O3S/c1-17-11-13-20(14-12-17)26-24(29)23(19-8-4-3-5-9-19)32-25-28-27-22(31-25)16-30-21-10-6-7-18(2)15-21/h3-15,23H,16H2,1-2H3,(H,26,29)/t23-/m0/s1. The van der Waals surface area contributed by atoms with E-state index in [2.05, 4.69) is 15.5 Å². The summed E-state index contributed by atoms with van der Waals surface area (Å²) in [5.41, 5.74) is 3.82. The molecule has 4 aromatic rings. The van der Waals surface area contributed by atoms with Crippen molar-refractivity contribution in [1.82, 2.24) is 10.2 Å². The van der Waals surface area contributed by atoms with Crippen molar-refractivity contribution in [2.75, 3.05) is 5.32 Å². The quantitative estimate of drug-likeness (QED) is 0.349. The Hall–Kier alpha value is -3.58. The molecule has 0 unspecified atom stereocenters. The van der Waals surface area contributed by atoms with E-state index in [1.54, 1.807) is 0 Å². The number of thioether (sulfide) groups is 1. The highest BCUT2D eigenvalue weighted by Gasteiger charge is 2.25. The minimum atomic E-state index is -0.552. The van der Waals surface area contributed by atoms with Gasteiger partial charge in [0.2, 0.25) is 5.91 Å². The Morgan fingerprint density at radius 1 is 0.969 bits per heavy atom. The Balaban J connectivity index is 1.46. The summed E-state index contributed by atoms with van der Waals surface area (Å²) < 4.78 is 11.5. The van der Waals surface area contributed by atoms with Crippen LogP contribution in [0.1, 0.15) is 27.8 Å². The van der Waals surface area contributed by atoms with E-state index in [0.717, 1.165) is 28.1 Å². The first-order valence-corrected chi connectivity index (χ1v) is 11.1. The lowest BCUT2D eigenvalue weighted by molar-refractivity contribution is -0.115. The average Bonchev–Trinajstić information content (AvgIpc) is 3.26. The molecule has 6 nitrogen and oxygen atoms in total. The number of rotatable bonds is 8. The number of ether oxygens (including phenoxy) is 1. The second-order valence-corrected chi connectivity index (χ2v) is 8.39. The van der Waals surface area contributed by atoms with E-state index < -0.39 is 5.25 Å². The average molecular weight is 446 g/mol. The zero-order valence-electron chi connectivity index (χ0n) is 17.8. The molecular formula is C25H23N3O3S. The van der Waals surface area contributed by atoms with Gasteiger partial charge in [-0.25, -0.2) is 0 Å². The number of aromatic nitrogens is 2. The second-order valence-electron chi connectivity index (χ2n) is 7.33. The third-order valence-electron chi connectivity index (χ3n) is 4.68. The molecule has 7 heteroatoms. The summed E-state index contributed by atoms with van der Waals surface area (Å²) in [5, 5.41) is 10.9. The Bertz CT molecular complexity index is 1180. The lowest BCUT2D eigenvalue weighted by atomic mass is 10.1. The summed E-state index contributed by atoms with van der Waals surface area (Å²) in [6, 6.07) is 24.9.